The molecule has 4 nitrogen and oxygen atoms in total. The van der Waals surface area contributed by atoms with Crippen LogP contribution in [0.3, 0.4) is 0 Å². The molecule has 2 aromatic heterocycles. The molecule has 5 heteroatoms. The zero-order chi connectivity index (χ0) is 11.7. The summed E-state index contributed by atoms with van der Waals surface area (Å²) in [5.41, 5.74) is 3.92. The van der Waals surface area contributed by atoms with E-state index in [1.807, 2.05) is 25.0 Å². The van der Waals surface area contributed by atoms with Crippen LogP contribution >= 0.6 is 0 Å². The first-order valence-corrected chi connectivity index (χ1v) is 5.40. The van der Waals surface area contributed by atoms with Crippen LogP contribution in [0.2, 0.25) is 0 Å². The summed E-state index contributed by atoms with van der Waals surface area (Å²) in [6, 6.07) is 2.12. The lowest BCUT2D eigenvalue weighted by atomic mass is 9.97. The highest BCUT2D eigenvalue weighted by atomic mass is 15.3. The molecule has 0 aromatic carbocycles. The van der Waals surface area contributed by atoms with Gasteiger partial charge in [0.05, 0.1) is 5.69 Å². The summed E-state index contributed by atoms with van der Waals surface area (Å²) in [6.45, 7) is 2.10. The molecule has 0 N–H and O–H groups in total. The van der Waals surface area contributed by atoms with Crippen molar-refractivity contribution >= 4 is 13.4 Å². The minimum absolute atomic E-state index is 0.599. The highest BCUT2D eigenvalue weighted by Gasteiger charge is 2.08. The van der Waals surface area contributed by atoms with Crippen LogP contribution in [-0.2, 0) is 26.9 Å². The minimum atomic E-state index is 0.599. The maximum Gasteiger partial charge on any atom is 0.144 e. The summed E-state index contributed by atoms with van der Waals surface area (Å²) < 4.78 is 3.65. The lowest BCUT2D eigenvalue weighted by molar-refractivity contribution is 0.710. The molecule has 0 aliphatic heterocycles. The first-order chi connectivity index (χ1) is 7.60. The predicted molar refractivity (Wildman–Crippen MR) is 64.0 cm³/mol. The van der Waals surface area contributed by atoms with E-state index in [1.165, 1.54) is 0 Å². The molecule has 0 fully saturated rings. The third-order valence-electron chi connectivity index (χ3n) is 2.70. The summed E-state index contributed by atoms with van der Waals surface area (Å²) >= 11 is 0. The maximum atomic E-state index is 5.82. The van der Waals surface area contributed by atoms with Gasteiger partial charge < -0.3 is 0 Å². The average molecular weight is 214 g/mol. The SMILES string of the molecule is [B]c1nn(C)cc1Cc1cc(CC)nn1C. The normalized spacial score (nSPS) is 10.9. The van der Waals surface area contributed by atoms with Crippen LogP contribution in [0, 0.1) is 0 Å². The molecule has 0 spiro atoms. The van der Waals surface area contributed by atoms with Crippen molar-refractivity contribution in [1.29, 1.82) is 0 Å². The first kappa shape index (κ1) is 11.0. The molecule has 0 saturated heterocycles. The Morgan fingerprint density at radius 3 is 2.56 bits per heavy atom. The maximum absolute atomic E-state index is 5.82. The van der Waals surface area contributed by atoms with Crippen LogP contribution in [0.4, 0.5) is 0 Å². The molecule has 0 aliphatic carbocycles. The van der Waals surface area contributed by atoms with Gasteiger partial charge >= 0.3 is 0 Å². The van der Waals surface area contributed by atoms with Crippen molar-refractivity contribution in [3.8, 4) is 0 Å². The van der Waals surface area contributed by atoms with Crippen molar-refractivity contribution in [3.63, 3.8) is 0 Å². The van der Waals surface area contributed by atoms with Crippen LogP contribution in [-0.4, -0.2) is 27.4 Å². The summed E-state index contributed by atoms with van der Waals surface area (Å²) in [4.78, 5) is 0. The Kier molecular flexibility index (Phi) is 2.85. The Balaban J connectivity index is 2.26. The Labute approximate surface area is 96.7 Å². The van der Waals surface area contributed by atoms with E-state index in [0.29, 0.717) is 5.59 Å². The molecule has 0 amide bonds. The zero-order valence-electron chi connectivity index (χ0n) is 9.94. The van der Waals surface area contributed by atoms with Crippen molar-refractivity contribution in [3.05, 3.63) is 29.2 Å². The molecule has 0 saturated carbocycles. The molecule has 82 valence electrons. The fourth-order valence-electron chi connectivity index (χ4n) is 1.80. The molecule has 0 bridgehead atoms. The molecule has 16 heavy (non-hydrogen) atoms. The number of aryl methyl sites for hydroxylation is 3. The molecule has 2 rings (SSSR count). The van der Waals surface area contributed by atoms with Gasteiger partial charge in [-0.15, -0.1) is 0 Å². The molecule has 2 aromatic rings. The van der Waals surface area contributed by atoms with Crippen molar-refractivity contribution in [2.75, 3.05) is 0 Å². The van der Waals surface area contributed by atoms with Crippen molar-refractivity contribution in [2.45, 2.75) is 19.8 Å². The fraction of sp³-hybridized carbons (Fsp3) is 0.455. The van der Waals surface area contributed by atoms with Crippen molar-refractivity contribution in [2.24, 2.45) is 14.1 Å². The van der Waals surface area contributed by atoms with E-state index >= 15 is 0 Å². The minimum Gasteiger partial charge on any atom is -0.276 e. The van der Waals surface area contributed by atoms with Gasteiger partial charge in [0.25, 0.3) is 0 Å². The monoisotopic (exact) mass is 214 g/mol. The van der Waals surface area contributed by atoms with Gasteiger partial charge in [-0.1, -0.05) is 6.92 Å². The molecule has 2 heterocycles. The van der Waals surface area contributed by atoms with E-state index in [0.717, 1.165) is 29.8 Å². The second-order valence-electron chi connectivity index (χ2n) is 3.99. The third kappa shape index (κ3) is 2.03. The zero-order valence-corrected chi connectivity index (χ0v) is 9.94. The largest absolute Gasteiger partial charge is 0.276 e. The van der Waals surface area contributed by atoms with E-state index in [9.17, 15) is 0 Å². The van der Waals surface area contributed by atoms with Crippen LogP contribution in [0.5, 0.6) is 0 Å². The molecule has 0 aliphatic rings. The highest BCUT2D eigenvalue weighted by Crippen LogP contribution is 2.08. The van der Waals surface area contributed by atoms with Gasteiger partial charge in [-0.05, 0) is 18.1 Å². The van der Waals surface area contributed by atoms with Crippen molar-refractivity contribution < 1.29 is 0 Å². The molecule has 2 radical (unpaired) electrons. The van der Waals surface area contributed by atoms with Crippen LogP contribution in [0.15, 0.2) is 12.3 Å². The second-order valence-corrected chi connectivity index (χ2v) is 3.99. The number of hydrogen-bond acceptors (Lipinski definition) is 2. The van der Waals surface area contributed by atoms with E-state index < -0.39 is 0 Å². The van der Waals surface area contributed by atoms with Gasteiger partial charge in [0.15, 0.2) is 0 Å². The lowest BCUT2D eigenvalue weighted by Gasteiger charge is -1.99. The topological polar surface area (TPSA) is 35.6 Å². The average Bonchev–Trinajstić information content (AvgIpc) is 2.72. The summed E-state index contributed by atoms with van der Waals surface area (Å²) in [7, 11) is 9.65. The standard InChI is InChI=1S/C11H15BN4/c1-4-9-6-10(16(3)13-9)5-8-7-15(2)14-11(8)12/h6-7H,4-5H2,1-3H3. The summed E-state index contributed by atoms with van der Waals surface area (Å²) in [5.74, 6) is 0. The third-order valence-corrected chi connectivity index (χ3v) is 2.70. The first-order valence-electron chi connectivity index (χ1n) is 5.40. The van der Waals surface area contributed by atoms with E-state index in [4.69, 9.17) is 7.85 Å². The van der Waals surface area contributed by atoms with Crippen LogP contribution in [0.1, 0.15) is 23.9 Å². The van der Waals surface area contributed by atoms with E-state index in [1.54, 1.807) is 4.68 Å². The van der Waals surface area contributed by atoms with Crippen LogP contribution < -0.4 is 5.59 Å². The summed E-state index contributed by atoms with van der Waals surface area (Å²) in [6.07, 6.45) is 3.69. The molecular formula is C11H15BN4. The Bertz CT molecular complexity index is 498. The Morgan fingerprint density at radius 1 is 1.31 bits per heavy atom. The predicted octanol–water partition coefficient (Wildman–Crippen LogP) is 0.101. The quantitative estimate of drug-likeness (QED) is 0.679. The number of nitrogens with zero attached hydrogens (tertiary/aromatic N) is 4. The molecule has 0 unspecified atom stereocenters. The molecular weight excluding hydrogens is 199 g/mol. The number of aromatic nitrogens is 4. The van der Waals surface area contributed by atoms with Gasteiger partial charge in [-0.25, -0.2) is 0 Å². The van der Waals surface area contributed by atoms with E-state index in [2.05, 4.69) is 23.2 Å². The van der Waals surface area contributed by atoms with Crippen LogP contribution in [0.25, 0.3) is 0 Å². The second kappa shape index (κ2) is 4.16. The fourth-order valence-corrected chi connectivity index (χ4v) is 1.80. The molecule has 0 atom stereocenters. The van der Waals surface area contributed by atoms with Gasteiger partial charge in [-0.3, -0.25) is 9.36 Å². The van der Waals surface area contributed by atoms with Gasteiger partial charge in [0.2, 0.25) is 0 Å². The number of hydrogen-bond donors (Lipinski definition) is 0. The van der Waals surface area contributed by atoms with Gasteiger partial charge in [0.1, 0.15) is 7.85 Å². The van der Waals surface area contributed by atoms with Gasteiger partial charge in [0, 0.05) is 38.0 Å². The highest BCUT2D eigenvalue weighted by molar-refractivity contribution is 6.31. The summed E-state index contributed by atoms with van der Waals surface area (Å²) in [5, 5.41) is 8.54. The smallest absolute Gasteiger partial charge is 0.144 e. The Hall–Kier alpha value is -1.52. The lowest BCUT2D eigenvalue weighted by Crippen LogP contribution is -2.12. The Morgan fingerprint density at radius 2 is 2.06 bits per heavy atom. The van der Waals surface area contributed by atoms with Crippen molar-refractivity contribution in [1.82, 2.24) is 19.6 Å². The van der Waals surface area contributed by atoms with Gasteiger partial charge in [-0.2, -0.15) is 10.2 Å². The van der Waals surface area contributed by atoms with E-state index in [-0.39, 0.29) is 0 Å². The number of rotatable bonds is 3.